The first-order valence-electron chi connectivity index (χ1n) is 9.40. The Balaban J connectivity index is 1.51. The third kappa shape index (κ3) is 3.29. The van der Waals surface area contributed by atoms with E-state index >= 15 is 0 Å². The quantitative estimate of drug-likeness (QED) is 0.678. The largest absolute Gasteiger partial charge is 0.353 e. The van der Waals surface area contributed by atoms with Crippen LogP contribution in [0.5, 0.6) is 0 Å². The maximum Gasteiger partial charge on any atom is 0.220 e. The lowest BCUT2D eigenvalue weighted by Gasteiger charge is -2.59. The molecule has 4 aliphatic rings. The molecule has 0 radical (unpaired) electrons. The summed E-state index contributed by atoms with van der Waals surface area (Å²) in [6.45, 7) is 4.51. The van der Waals surface area contributed by atoms with Crippen LogP contribution in [0.15, 0.2) is 0 Å². The van der Waals surface area contributed by atoms with Crippen LogP contribution >= 0.6 is 0 Å². The van der Waals surface area contributed by atoms with Crippen LogP contribution in [0.1, 0.15) is 84.5 Å². The van der Waals surface area contributed by atoms with Gasteiger partial charge in [-0.05, 0) is 75.0 Å². The highest BCUT2D eigenvalue weighted by Crippen LogP contribution is 2.61. The number of hydrogen-bond donors (Lipinski definition) is 1. The predicted octanol–water partition coefficient (Wildman–Crippen LogP) is 4.68. The molecule has 0 aromatic carbocycles. The minimum atomic E-state index is 0.300. The average molecular weight is 291 g/mol. The molecule has 0 aromatic rings. The number of nitrogens with one attached hydrogen (secondary N) is 1. The molecule has 2 nitrogen and oxygen atoms in total. The maximum absolute atomic E-state index is 12.2. The number of amides is 1. The van der Waals surface area contributed by atoms with Gasteiger partial charge >= 0.3 is 0 Å². The first-order chi connectivity index (χ1) is 10.1. The number of carbonyl (C=O) groups excluding carboxylic acids is 1. The Hall–Kier alpha value is -0.530. The van der Waals surface area contributed by atoms with Crippen LogP contribution in [-0.4, -0.2) is 11.9 Å². The highest BCUT2D eigenvalue weighted by molar-refractivity contribution is 5.76. The maximum atomic E-state index is 12.2. The van der Waals surface area contributed by atoms with E-state index in [0.29, 0.717) is 17.4 Å². The van der Waals surface area contributed by atoms with Gasteiger partial charge in [-0.1, -0.05) is 26.2 Å². The van der Waals surface area contributed by atoms with Gasteiger partial charge in [-0.2, -0.15) is 0 Å². The Bertz CT molecular complexity index is 340. The van der Waals surface area contributed by atoms with E-state index in [1.165, 1.54) is 57.8 Å². The second-order valence-electron chi connectivity index (χ2n) is 8.38. The topological polar surface area (TPSA) is 29.1 Å². The zero-order chi connectivity index (χ0) is 14.9. The lowest BCUT2D eigenvalue weighted by Crippen LogP contribution is -2.55. The van der Waals surface area contributed by atoms with Crippen molar-refractivity contribution in [3.05, 3.63) is 0 Å². The summed E-state index contributed by atoms with van der Waals surface area (Å²) in [6.07, 6.45) is 14.1. The van der Waals surface area contributed by atoms with E-state index in [2.05, 4.69) is 19.2 Å². The van der Waals surface area contributed by atoms with Gasteiger partial charge in [-0.3, -0.25) is 4.79 Å². The zero-order valence-electron chi connectivity index (χ0n) is 14.0. The average Bonchev–Trinajstić information content (AvgIpc) is 2.42. The highest BCUT2D eigenvalue weighted by atomic mass is 16.1. The minimum absolute atomic E-state index is 0.300. The number of carbonyl (C=O) groups is 1. The third-order valence-electron chi connectivity index (χ3n) is 6.64. The van der Waals surface area contributed by atoms with Gasteiger partial charge in [0.25, 0.3) is 0 Å². The van der Waals surface area contributed by atoms with E-state index in [1.54, 1.807) is 0 Å². The summed E-state index contributed by atoms with van der Waals surface area (Å²) in [5.74, 6) is 3.22. The summed E-state index contributed by atoms with van der Waals surface area (Å²) < 4.78 is 0. The molecular weight excluding hydrogens is 258 g/mol. The molecule has 1 amide bonds. The summed E-state index contributed by atoms with van der Waals surface area (Å²) in [4.78, 5) is 12.2. The van der Waals surface area contributed by atoms with E-state index in [4.69, 9.17) is 0 Å². The van der Waals surface area contributed by atoms with Gasteiger partial charge in [-0.15, -0.1) is 0 Å². The van der Waals surface area contributed by atoms with Crippen molar-refractivity contribution in [3.63, 3.8) is 0 Å². The first-order valence-corrected chi connectivity index (χ1v) is 9.40. The third-order valence-corrected chi connectivity index (χ3v) is 6.64. The van der Waals surface area contributed by atoms with Gasteiger partial charge < -0.3 is 5.32 Å². The molecule has 0 spiro atoms. The fourth-order valence-electron chi connectivity index (χ4n) is 5.89. The smallest absolute Gasteiger partial charge is 0.220 e. The fourth-order valence-corrected chi connectivity index (χ4v) is 5.89. The normalized spacial score (nSPS) is 38.5. The number of rotatable bonds is 7. The molecule has 4 aliphatic carbocycles. The van der Waals surface area contributed by atoms with Crippen LogP contribution in [0.2, 0.25) is 0 Å². The molecule has 21 heavy (non-hydrogen) atoms. The van der Waals surface area contributed by atoms with Crippen molar-refractivity contribution in [2.45, 2.75) is 90.5 Å². The standard InChI is InChI=1S/C19H33NO/c1-3-4-5-6-7-18(21)20-14(2)19-11-15-8-16(12-19)10-17(9-15)13-19/h14-17H,3-13H2,1-2H3,(H,20,21). The van der Waals surface area contributed by atoms with E-state index in [-0.39, 0.29) is 0 Å². The second-order valence-corrected chi connectivity index (χ2v) is 8.38. The lowest BCUT2D eigenvalue weighted by molar-refractivity contribution is -0.126. The molecule has 0 saturated heterocycles. The number of hydrogen-bond acceptors (Lipinski definition) is 1. The molecule has 0 aromatic heterocycles. The van der Waals surface area contributed by atoms with Gasteiger partial charge in [0.2, 0.25) is 5.91 Å². The van der Waals surface area contributed by atoms with Crippen LogP contribution in [0.25, 0.3) is 0 Å². The molecule has 2 heteroatoms. The van der Waals surface area contributed by atoms with E-state index in [9.17, 15) is 4.79 Å². The van der Waals surface area contributed by atoms with E-state index in [0.717, 1.165) is 30.6 Å². The molecule has 4 rings (SSSR count). The van der Waals surface area contributed by atoms with Crippen molar-refractivity contribution in [1.29, 1.82) is 0 Å². The SMILES string of the molecule is CCCCCCC(=O)NC(C)C12CC3CC(CC(C3)C1)C2. The number of unbranched alkanes of at least 4 members (excludes halogenated alkanes) is 3. The zero-order valence-corrected chi connectivity index (χ0v) is 14.0. The summed E-state index contributed by atoms with van der Waals surface area (Å²) in [5.41, 5.74) is 0.452. The highest BCUT2D eigenvalue weighted by Gasteiger charge is 2.53. The predicted molar refractivity (Wildman–Crippen MR) is 87.0 cm³/mol. The van der Waals surface area contributed by atoms with Crippen LogP contribution in [0.3, 0.4) is 0 Å². The Labute approximate surface area is 130 Å². The van der Waals surface area contributed by atoms with Crippen LogP contribution < -0.4 is 5.32 Å². The summed E-state index contributed by atoms with van der Waals surface area (Å²) in [5, 5.41) is 3.37. The van der Waals surface area contributed by atoms with Crippen molar-refractivity contribution < 1.29 is 4.79 Å². The van der Waals surface area contributed by atoms with Gasteiger partial charge in [-0.25, -0.2) is 0 Å². The van der Waals surface area contributed by atoms with Crippen LogP contribution in [-0.2, 0) is 4.79 Å². The second kappa shape index (κ2) is 6.30. The Kier molecular flexibility index (Phi) is 4.61. The van der Waals surface area contributed by atoms with Crippen molar-refractivity contribution in [3.8, 4) is 0 Å². The summed E-state index contributed by atoms with van der Waals surface area (Å²) in [6, 6.07) is 0.393. The summed E-state index contributed by atoms with van der Waals surface area (Å²) in [7, 11) is 0. The Morgan fingerprint density at radius 2 is 1.62 bits per heavy atom. The van der Waals surface area contributed by atoms with Gasteiger partial charge in [0.1, 0.15) is 0 Å². The lowest BCUT2D eigenvalue weighted by atomic mass is 9.48. The Morgan fingerprint density at radius 1 is 1.05 bits per heavy atom. The van der Waals surface area contributed by atoms with E-state index in [1.807, 2.05) is 0 Å². The van der Waals surface area contributed by atoms with Crippen molar-refractivity contribution in [2.75, 3.05) is 0 Å². The molecule has 120 valence electrons. The van der Waals surface area contributed by atoms with Gasteiger partial charge in [0.05, 0.1) is 0 Å². The monoisotopic (exact) mass is 291 g/mol. The molecule has 0 aliphatic heterocycles. The van der Waals surface area contributed by atoms with Crippen LogP contribution in [0.4, 0.5) is 0 Å². The fraction of sp³-hybridized carbons (Fsp3) is 0.947. The van der Waals surface area contributed by atoms with Gasteiger partial charge in [0.15, 0.2) is 0 Å². The molecule has 4 bridgehead atoms. The van der Waals surface area contributed by atoms with Gasteiger partial charge in [0, 0.05) is 12.5 Å². The van der Waals surface area contributed by atoms with Crippen molar-refractivity contribution >= 4 is 5.91 Å². The molecule has 1 atom stereocenters. The van der Waals surface area contributed by atoms with Crippen molar-refractivity contribution in [2.24, 2.45) is 23.2 Å². The molecule has 1 unspecified atom stereocenters. The molecule has 4 saturated carbocycles. The molecule has 4 fully saturated rings. The van der Waals surface area contributed by atoms with E-state index < -0.39 is 0 Å². The van der Waals surface area contributed by atoms with Crippen LogP contribution in [0, 0.1) is 23.2 Å². The first kappa shape index (κ1) is 15.4. The molecular formula is C19H33NO. The summed E-state index contributed by atoms with van der Waals surface area (Å²) >= 11 is 0. The van der Waals surface area contributed by atoms with Crippen molar-refractivity contribution in [1.82, 2.24) is 5.32 Å². The Morgan fingerprint density at radius 3 is 2.14 bits per heavy atom. The molecule has 0 heterocycles. The minimum Gasteiger partial charge on any atom is -0.353 e. The molecule has 1 N–H and O–H groups in total.